The Hall–Kier alpha value is -9.37. The maximum atomic E-state index is 11.7. The molecular formula is C55H61Cl2N23O12. The Morgan fingerprint density at radius 2 is 0.761 bits per heavy atom. The molecule has 0 aliphatic heterocycles. The summed E-state index contributed by atoms with van der Waals surface area (Å²) in [7, 11) is 0. The van der Waals surface area contributed by atoms with Crippen LogP contribution in [0.1, 0.15) is 62.3 Å². The van der Waals surface area contributed by atoms with Gasteiger partial charge in [-0.1, -0.05) is 53.6 Å². The number of allylic oxidation sites excluding steroid dienone is 5. The second-order valence-electron chi connectivity index (χ2n) is 21.7. The lowest BCUT2D eigenvalue weighted by Gasteiger charge is -2.11. The highest BCUT2D eigenvalue weighted by Gasteiger charge is 2.32. The SMILES string of the molecule is Nc1nc(Cl)c2ncn([C@@H]3C=C(CO)[C@H](O)C3)c2n1.Nc1nc2c(ncn2[C@@H]2C=C(CO)[C@H](O)C2)c(=O)[nH]1.Nc1ncnc2c1ncn2[C@@H]1C=C(CO)[C@H](O)C1.O=c1[nH]cnc2c1ncn2[C@@H]1C=C(CO)[C@H](O)C1.OCC1=C[C@@H](n2cnc3c(Cl)ncnc32)C[C@H]1O. The minimum atomic E-state index is -0.688. The largest absolute Gasteiger partial charge is 0.392 e. The van der Waals surface area contributed by atoms with E-state index in [2.05, 4.69) is 74.8 Å². The van der Waals surface area contributed by atoms with Crippen LogP contribution in [0.2, 0.25) is 10.3 Å². The monoisotopic (exact) mass is 1310 g/mol. The van der Waals surface area contributed by atoms with Crippen LogP contribution in [0.4, 0.5) is 17.7 Å². The van der Waals surface area contributed by atoms with Crippen LogP contribution in [0.25, 0.3) is 55.8 Å². The van der Waals surface area contributed by atoms with E-state index in [-0.39, 0.29) is 96.9 Å². The summed E-state index contributed by atoms with van der Waals surface area (Å²) >= 11 is 11.9. The summed E-state index contributed by atoms with van der Waals surface area (Å²) in [5.74, 6) is 0.428. The highest BCUT2D eigenvalue weighted by Crippen LogP contribution is 2.36. The Morgan fingerprint density at radius 3 is 1.18 bits per heavy atom. The predicted octanol–water partition coefficient (Wildman–Crippen LogP) is -1.11. The van der Waals surface area contributed by atoms with Gasteiger partial charge in [-0.15, -0.1) is 0 Å². The highest BCUT2D eigenvalue weighted by molar-refractivity contribution is 6.33. The Labute approximate surface area is 526 Å². The van der Waals surface area contributed by atoms with E-state index in [4.69, 9.17) is 65.9 Å². The quantitative estimate of drug-likeness (QED) is 0.0570. The zero-order valence-electron chi connectivity index (χ0n) is 48.2. The second kappa shape index (κ2) is 27.2. The van der Waals surface area contributed by atoms with Crippen molar-refractivity contribution in [1.82, 2.24) is 97.6 Å². The van der Waals surface area contributed by atoms with Gasteiger partial charge in [0.2, 0.25) is 11.9 Å². The average molecular weight is 1310 g/mol. The van der Waals surface area contributed by atoms with Gasteiger partial charge in [0.25, 0.3) is 11.1 Å². The number of nitrogen functional groups attached to an aromatic ring is 3. The Bertz CT molecular complexity index is 4540. The van der Waals surface area contributed by atoms with Crippen LogP contribution in [-0.4, -0.2) is 212 Å². The van der Waals surface area contributed by atoms with Gasteiger partial charge in [-0.3, -0.25) is 14.6 Å². The molecule has 10 aromatic heterocycles. The van der Waals surface area contributed by atoms with E-state index in [1.54, 1.807) is 50.9 Å². The number of imidazole rings is 5. The second-order valence-corrected chi connectivity index (χ2v) is 22.4. The van der Waals surface area contributed by atoms with Crippen LogP contribution in [0.5, 0.6) is 0 Å². The molecule has 0 radical (unpaired) electrons. The number of H-pyrrole nitrogens is 2. The number of hydrogen-bond donors (Lipinski definition) is 15. The third-order valence-electron chi connectivity index (χ3n) is 16.1. The fourth-order valence-corrected chi connectivity index (χ4v) is 11.8. The van der Waals surface area contributed by atoms with Crippen molar-refractivity contribution in [3.05, 3.63) is 140 Å². The van der Waals surface area contributed by atoms with E-state index in [9.17, 15) is 35.1 Å². The molecule has 0 amide bonds. The molecule has 10 heterocycles. The molecule has 35 nitrogen and oxygen atoms in total. The summed E-state index contributed by atoms with van der Waals surface area (Å²) in [5.41, 5.74) is 23.8. The van der Waals surface area contributed by atoms with Gasteiger partial charge in [0.15, 0.2) is 55.4 Å². The number of anilines is 3. The number of fused-ring (bicyclic) bond motifs is 5. The first kappa shape index (κ1) is 64.2. The number of nitrogens with one attached hydrogen (secondary N) is 2. The topological polar surface area (TPSA) is 538 Å². The molecule has 0 unspecified atom stereocenters. The third kappa shape index (κ3) is 12.8. The van der Waals surface area contributed by atoms with Crippen molar-refractivity contribution < 1.29 is 51.1 Å². The van der Waals surface area contributed by atoms with E-state index in [0.29, 0.717) is 116 Å². The maximum absolute atomic E-state index is 11.7. The molecule has 0 fully saturated rings. The molecule has 10 aromatic rings. The molecule has 15 rings (SSSR count). The summed E-state index contributed by atoms with van der Waals surface area (Å²) in [4.78, 5) is 80.7. The van der Waals surface area contributed by atoms with E-state index < -0.39 is 36.1 Å². The molecule has 5 aliphatic rings. The van der Waals surface area contributed by atoms with Crippen molar-refractivity contribution in [2.24, 2.45) is 0 Å². The van der Waals surface area contributed by atoms with E-state index >= 15 is 0 Å². The van der Waals surface area contributed by atoms with Gasteiger partial charge in [-0.2, -0.15) is 15.0 Å². The molecule has 0 saturated heterocycles. The zero-order valence-corrected chi connectivity index (χ0v) is 49.7. The smallest absolute Gasteiger partial charge is 0.280 e. The molecule has 0 bridgehead atoms. The molecule has 18 N–H and O–H groups in total. The van der Waals surface area contributed by atoms with E-state index in [1.807, 2.05) is 21.3 Å². The van der Waals surface area contributed by atoms with Crippen LogP contribution in [0, 0.1) is 0 Å². The van der Waals surface area contributed by atoms with Gasteiger partial charge in [0.05, 0.1) is 132 Å². The van der Waals surface area contributed by atoms with Crippen LogP contribution in [0.3, 0.4) is 0 Å². The third-order valence-corrected chi connectivity index (χ3v) is 16.6. The Morgan fingerprint density at radius 1 is 0.413 bits per heavy atom. The lowest BCUT2D eigenvalue weighted by molar-refractivity contribution is 0.181. The number of halogens is 2. The van der Waals surface area contributed by atoms with Gasteiger partial charge in [0, 0.05) is 32.1 Å². The van der Waals surface area contributed by atoms with Crippen molar-refractivity contribution in [3.63, 3.8) is 0 Å². The Balaban J connectivity index is 0.000000118. The fourth-order valence-electron chi connectivity index (χ4n) is 11.4. The highest BCUT2D eigenvalue weighted by atomic mass is 35.5. The summed E-state index contributed by atoms with van der Waals surface area (Å²) in [6.07, 6.45) is 20.1. The van der Waals surface area contributed by atoms with Crippen molar-refractivity contribution in [2.75, 3.05) is 50.2 Å². The van der Waals surface area contributed by atoms with Crippen molar-refractivity contribution in [2.45, 2.75) is 92.8 Å². The molecule has 10 atom stereocenters. The molecule has 0 spiro atoms. The molecule has 0 saturated carbocycles. The fraction of sp³-hybridized carbons (Fsp3) is 0.364. The minimum absolute atomic E-state index is 0.0177. The first-order chi connectivity index (χ1) is 44.3. The van der Waals surface area contributed by atoms with Crippen LogP contribution in [-0.2, 0) is 0 Å². The molecule has 37 heteroatoms. The first-order valence-corrected chi connectivity index (χ1v) is 29.1. The van der Waals surface area contributed by atoms with Gasteiger partial charge >= 0.3 is 0 Å². The average Bonchev–Trinajstić information content (AvgIpc) is 1.67. The zero-order chi connectivity index (χ0) is 65.2. The minimum Gasteiger partial charge on any atom is -0.392 e. The normalized spacial score (nSPS) is 23.3. The number of nitrogens with two attached hydrogens (primary N) is 3. The van der Waals surface area contributed by atoms with Gasteiger partial charge in [-0.25, -0.2) is 49.8 Å². The number of rotatable bonds is 10. The number of aromatic nitrogens is 20. The lowest BCUT2D eigenvalue weighted by atomic mass is 10.2. The number of hydrogen-bond acceptors (Lipinski definition) is 28. The molecular weight excluding hydrogens is 1250 g/mol. The van der Waals surface area contributed by atoms with Crippen molar-refractivity contribution >= 4 is 96.7 Å². The van der Waals surface area contributed by atoms with Gasteiger partial charge in [-0.05, 0) is 27.9 Å². The van der Waals surface area contributed by atoms with Crippen molar-refractivity contribution in [3.8, 4) is 0 Å². The van der Waals surface area contributed by atoms with Crippen LogP contribution < -0.4 is 28.3 Å². The summed E-state index contributed by atoms with van der Waals surface area (Å²) in [6, 6.07) is -0.607. The predicted molar refractivity (Wildman–Crippen MR) is 330 cm³/mol. The number of aromatic amines is 2. The van der Waals surface area contributed by atoms with Crippen molar-refractivity contribution in [1.29, 1.82) is 0 Å². The molecule has 92 heavy (non-hydrogen) atoms. The number of aliphatic hydroxyl groups is 10. The standard InChI is InChI=1S/C11H12ClN5O2.C11H11ClN4O2.C11H13N5O3.C11H13N5O2.C11H12N4O3/c12-9-8-10(16-11(13)15-9)17(4-14-8)6-1-5(3-18)7(19)2-6;12-10-9-11(14-4-13-10)16(5-15-9)7-1-6(3-17)8(18)2-7;12-11-14-9-8(10(19)15-11)13-4-16(9)6-1-5(3-17)7(18)2-6;12-10-9-11(14-4-13-10)16(5-15-9)7-1-6(3-17)8(18)2-7;16-3-6-1-7(2-8(6)17)15-5-14-9-10(15)12-4-13-11(9)18/h1,4,6-7,18-19H,2-3H2,(H2,13,15,16);1,4-5,7-8,17-18H,2-3H2;1,4,6-7,17-18H,2-3H2,(H3,12,14,15,19);1,4-5,7-8,17-18H,2-3H2,(H2,12,13,14);1,4-5,7-8,16-17H,2-3H2,(H,12,13,18)/t6-,7-;7-,8-;6-,7-;2*7-,8-/m11111/s1. The number of nitrogens with zero attached hydrogens (tertiary/aromatic N) is 18. The number of aliphatic hydroxyl groups excluding tert-OH is 10. The summed E-state index contributed by atoms with van der Waals surface area (Å²) in [5, 5.41) is 94.9. The molecule has 0 aromatic carbocycles. The Kier molecular flexibility index (Phi) is 19.0. The first-order valence-electron chi connectivity index (χ1n) is 28.3. The lowest BCUT2D eigenvalue weighted by Crippen LogP contribution is -2.14. The van der Waals surface area contributed by atoms with Gasteiger partial charge in [0.1, 0.15) is 29.2 Å². The summed E-state index contributed by atoms with van der Waals surface area (Å²) in [6.45, 7) is -0.803. The van der Waals surface area contributed by atoms with E-state index in [1.165, 1.54) is 31.6 Å². The summed E-state index contributed by atoms with van der Waals surface area (Å²) < 4.78 is 8.84. The molecule has 482 valence electrons. The van der Waals surface area contributed by atoms with E-state index in [0.717, 1.165) is 0 Å². The van der Waals surface area contributed by atoms with Crippen LogP contribution in [0.15, 0.2) is 118 Å². The van der Waals surface area contributed by atoms with Crippen LogP contribution >= 0.6 is 23.2 Å². The maximum Gasteiger partial charge on any atom is 0.280 e. The molecule has 5 aliphatic carbocycles. The van der Waals surface area contributed by atoms with Gasteiger partial charge < -0.3 is 96.1 Å².